The van der Waals surface area contributed by atoms with Crippen molar-refractivity contribution < 1.29 is 4.79 Å². The van der Waals surface area contributed by atoms with Crippen molar-refractivity contribution in [2.45, 2.75) is 51.1 Å². The summed E-state index contributed by atoms with van der Waals surface area (Å²) in [5.74, 6) is 0.0362. The molecule has 3 nitrogen and oxygen atoms in total. The molecule has 150 valence electrons. The van der Waals surface area contributed by atoms with Crippen LogP contribution in [0.4, 0.5) is 5.69 Å². The second kappa shape index (κ2) is 9.23. The van der Waals surface area contributed by atoms with Crippen LogP contribution in [0.3, 0.4) is 0 Å². The van der Waals surface area contributed by atoms with Gasteiger partial charge in [0.2, 0.25) is 5.91 Å². The zero-order valence-corrected chi connectivity index (χ0v) is 17.2. The number of fused-ring (bicyclic) bond motifs is 1. The molecule has 0 bridgehead atoms. The Kier molecular flexibility index (Phi) is 6.26. The number of rotatable bonds is 6. The molecule has 3 heteroatoms. The Balaban J connectivity index is 1.45. The van der Waals surface area contributed by atoms with E-state index < -0.39 is 0 Å². The van der Waals surface area contributed by atoms with Gasteiger partial charge in [-0.2, -0.15) is 0 Å². The first kappa shape index (κ1) is 19.7. The van der Waals surface area contributed by atoms with E-state index in [0.29, 0.717) is 12.5 Å². The Hall–Kier alpha value is -2.65. The molecule has 3 aromatic carbocycles. The van der Waals surface area contributed by atoms with Gasteiger partial charge in [-0.15, -0.1) is 0 Å². The molecule has 0 saturated heterocycles. The smallest absolute Gasteiger partial charge is 0.228 e. The molecule has 0 heterocycles. The number of carbonyl (C=O) groups is 1. The van der Waals surface area contributed by atoms with Gasteiger partial charge in [0.25, 0.3) is 0 Å². The van der Waals surface area contributed by atoms with Crippen LogP contribution in [0.25, 0.3) is 10.8 Å². The highest BCUT2D eigenvalue weighted by molar-refractivity contribution is 5.96. The van der Waals surface area contributed by atoms with E-state index in [1.54, 1.807) is 0 Å². The summed E-state index contributed by atoms with van der Waals surface area (Å²) in [5.41, 5.74) is 3.18. The third kappa shape index (κ3) is 4.86. The van der Waals surface area contributed by atoms with Crippen LogP contribution in [0.1, 0.15) is 43.2 Å². The molecule has 4 rings (SSSR count). The first-order chi connectivity index (χ1) is 14.2. The van der Waals surface area contributed by atoms with Crippen molar-refractivity contribution in [2.75, 3.05) is 12.4 Å². The van der Waals surface area contributed by atoms with E-state index >= 15 is 0 Å². The topological polar surface area (TPSA) is 32.3 Å². The molecule has 0 aliphatic heterocycles. The van der Waals surface area contributed by atoms with E-state index in [1.165, 1.54) is 43.1 Å². The molecule has 1 saturated carbocycles. The minimum Gasteiger partial charge on any atom is -0.325 e. The van der Waals surface area contributed by atoms with E-state index in [-0.39, 0.29) is 5.91 Å². The lowest BCUT2D eigenvalue weighted by molar-refractivity contribution is -0.115. The lowest BCUT2D eigenvalue weighted by Crippen LogP contribution is -2.33. The molecular weight excluding hydrogens is 356 g/mol. The average Bonchev–Trinajstić information content (AvgIpc) is 2.76. The second-order valence-corrected chi connectivity index (χ2v) is 8.23. The molecule has 0 unspecified atom stereocenters. The number of nitrogens with one attached hydrogen (secondary N) is 1. The molecular formula is C26H30N2O. The van der Waals surface area contributed by atoms with Crippen molar-refractivity contribution in [1.29, 1.82) is 0 Å². The Morgan fingerprint density at radius 2 is 1.59 bits per heavy atom. The molecule has 1 amide bonds. The van der Waals surface area contributed by atoms with Gasteiger partial charge >= 0.3 is 0 Å². The molecule has 1 aliphatic carbocycles. The second-order valence-electron chi connectivity index (χ2n) is 8.23. The Morgan fingerprint density at radius 3 is 2.45 bits per heavy atom. The summed E-state index contributed by atoms with van der Waals surface area (Å²) in [7, 11) is 2.21. The monoisotopic (exact) mass is 386 g/mol. The summed E-state index contributed by atoms with van der Waals surface area (Å²) in [6, 6.07) is 23.3. The number of hydrogen-bond acceptors (Lipinski definition) is 2. The summed E-state index contributed by atoms with van der Waals surface area (Å²) < 4.78 is 0. The molecule has 1 N–H and O–H groups in total. The van der Waals surface area contributed by atoms with Crippen LogP contribution >= 0.6 is 0 Å². The fourth-order valence-electron chi connectivity index (χ4n) is 4.51. The van der Waals surface area contributed by atoms with Crippen LogP contribution in [0, 0.1) is 0 Å². The number of nitrogens with zero attached hydrogens (tertiary/aromatic N) is 1. The van der Waals surface area contributed by atoms with Gasteiger partial charge in [0, 0.05) is 18.3 Å². The third-order valence-electron chi connectivity index (χ3n) is 6.14. The predicted octanol–water partition coefficient (Wildman–Crippen LogP) is 5.79. The van der Waals surface area contributed by atoms with Crippen molar-refractivity contribution in [3.05, 3.63) is 77.9 Å². The highest BCUT2D eigenvalue weighted by Gasteiger charge is 2.19. The van der Waals surface area contributed by atoms with Gasteiger partial charge in [-0.1, -0.05) is 79.9 Å². The highest BCUT2D eigenvalue weighted by atomic mass is 16.1. The van der Waals surface area contributed by atoms with Crippen LogP contribution < -0.4 is 5.32 Å². The van der Waals surface area contributed by atoms with Crippen LogP contribution in [-0.2, 0) is 17.8 Å². The summed E-state index contributed by atoms with van der Waals surface area (Å²) in [5, 5.41) is 5.49. The predicted molar refractivity (Wildman–Crippen MR) is 121 cm³/mol. The first-order valence-electron chi connectivity index (χ1n) is 10.8. The van der Waals surface area contributed by atoms with Gasteiger partial charge in [-0.05, 0) is 47.9 Å². The number of benzene rings is 3. The lowest BCUT2D eigenvalue weighted by atomic mass is 9.94. The standard InChI is InChI=1S/C26H30N2O/c1-28(23-14-3-2-4-15-23)19-22-11-6-8-17-25(22)27-26(29)18-21-13-9-12-20-10-5-7-16-24(20)21/h5-13,16-17,23H,2-4,14-15,18-19H2,1H3,(H,27,29). The largest absolute Gasteiger partial charge is 0.325 e. The molecule has 29 heavy (non-hydrogen) atoms. The van der Waals surface area contributed by atoms with E-state index in [2.05, 4.69) is 47.6 Å². The lowest BCUT2D eigenvalue weighted by Gasteiger charge is -2.31. The maximum atomic E-state index is 12.8. The number of anilines is 1. The van der Waals surface area contributed by atoms with E-state index in [0.717, 1.165) is 23.2 Å². The Labute approximate surface area is 173 Å². The maximum absolute atomic E-state index is 12.8. The summed E-state index contributed by atoms with van der Waals surface area (Å²) in [6.45, 7) is 0.870. The molecule has 0 spiro atoms. The van der Waals surface area contributed by atoms with Crippen LogP contribution in [0.15, 0.2) is 66.7 Å². The Bertz CT molecular complexity index is 970. The van der Waals surface area contributed by atoms with Crippen LogP contribution in [0.2, 0.25) is 0 Å². The van der Waals surface area contributed by atoms with Crippen molar-refractivity contribution in [2.24, 2.45) is 0 Å². The fraction of sp³-hybridized carbons (Fsp3) is 0.346. The van der Waals surface area contributed by atoms with Gasteiger partial charge in [0.1, 0.15) is 0 Å². The summed E-state index contributed by atoms with van der Waals surface area (Å²) >= 11 is 0. The highest BCUT2D eigenvalue weighted by Crippen LogP contribution is 2.25. The number of hydrogen-bond donors (Lipinski definition) is 1. The average molecular weight is 387 g/mol. The zero-order chi connectivity index (χ0) is 20.1. The maximum Gasteiger partial charge on any atom is 0.228 e. The van der Waals surface area contributed by atoms with Crippen molar-refractivity contribution in [3.63, 3.8) is 0 Å². The van der Waals surface area contributed by atoms with E-state index in [9.17, 15) is 4.79 Å². The number of amides is 1. The van der Waals surface area contributed by atoms with Gasteiger partial charge in [0.05, 0.1) is 6.42 Å². The fourth-order valence-corrected chi connectivity index (χ4v) is 4.51. The quantitative estimate of drug-likeness (QED) is 0.582. The van der Waals surface area contributed by atoms with Crippen LogP contribution in [0.5, 0.6) is 0 Å². The molecule has 3 aromatic rings. The minimum atomic E-state index is 0.0362. The van der Waals surface area contributed by atoms with E-state index in [4.69, 9.17) is 0 Å². The van der Waals surface area contributed by atoms with Gasteiger partial charge < -0.3 is 5.32 Å². The number of para-hydroxylation sites is 1. The SMILES string of the molecule is CN(Cc1ccccc1NC(=O)Cc1cccc2ccccc12)C1CCCCC1. The molecule has 0 aromatic heterocycles. The van der Waals surface area contributed by atoms with Gasteiger partial charge in [-0.25, -0.2) is 0 Å². The molecule has 0 radical (unpaired) electrons. The van der Waals surface area contributed by atoms with Crippen molar-refractivity contribution in [1.82, 2.24) is 4.90 Å². The first-order valence-corrected chi connectivity index (χ1v) is 10.8. The minimum absolute atomic E-state index is 0.0362. The number of carbonyl (C=O) groups excluding carboxylic acids is 1. The van der Waals surface area contributed by atoms with E-state index in [1.807, 2.05) is 36.4 Å². The van der Waals surface area contributed by atoms with Crippen LogP contribution in [-0.4, -0.2) is 23.9 Å². The normalized spacial score (nSPS) is 15.0. The zero-order valence-electron chi connectivity index (χ0n) is 17.2. The summed E-state index contributed by atoms with van der Waals surface area (Å²) in [6.07, 6.45) is 6.98. The van der Waals surface area contributed by atoms with Gasteiger partial charge in [0.15, 0.2) is 0 Å². The van der Waals surface area contributed by atoms with Crippen molar-refractivity contribution >= 4 is 22.4 Å². The summed E-state index contributed by atoms with van der Waals surface area (Å²) in [4.78, 5) is 15.3. The molecule has 1 fully saturated rings. The third-order valence-corrected chi connectivity index (χ3v) is 6.14. The Morgan fingerprint density at radius 1 is 0.897 bits per heavy atom. The molecule has 0 atom stereocenters. The van der Waals surface area contributed by atoms with Gasteiger partial charge in [-0.3, -0.25) is 9.69 Å². The van der Waals surface area contributed by atoms with Crippen molar-refractivity contribution in [3.8, 4) is 0 Å². The molecule has 1 aliphatic rings.